The number of piperidine rings is 1. The van der Waals surface area contributed by atoms with Crippen LogP contribution in [0.4, 0.5) is 28.9 Å². The van der Waals surface area contributed by atoms with E-state index in [0.29, 0.717) is 36.6 Å². The molecule has 178 valence electrons. The molecule has 2 heterocycles. The molecular formula is C25H29F4N3O. The maximum absolute atomic E-state index is 14.3. The Morgan fingerprint density at radius 3 is 2.30 bits per heavy atom. The minimum Gasteiger partial charge on any atom is -0.490 e. The molecule has 0 saturated carbocycles. The van der Waals surface area contributed by atoms with Crippen LogP contribution in [0.1, 0.15) is 38.7 Å². The van der Waals surface area contributed by atoms with Crippen molar-refractivity contribution in [3.05, 3.63) is 53.8 Å². The summed E-state index contributed by atoms with van der Waals surface area (Å²) in [6, 6.07) is 11.8. The Hall–Kier alpha value is -2.77. The molecule has 8 heteroatoms. The monoisotopic (exact) mass is 463 g/mol. The van der Waals surface area contributed by atoms with Gasteiger partial charge in [-0.3, -0.25) is 5.01 Å². The number of anilines is 2. The van der Waals surface area contributed by atoms with Gasteiger partial charge in [-0.2, -0.15) is 18.3 Å². The summed E-state index contributed by atoms with van der Waals surface area (Å²) < 4.78 is 60.3. The topological polar surface area (TPSA) is 28.1 Å². The van der Waals surface area contributed by atoms with Crippen LogP contribution < -0.4 is 14.6 Å². The molecule has 0 N–H and O–H groups in total. The van der Waals surface area contributed by atoms with Crippen molar-refractivity contribution < 1.29 is 22.3 Å². The third-order valence-corrected chi connectivity index (χ3v) is 6.60. The SMILES string of the molecule is CC[C@H]1C(C)C(C(F)(F)F)=NN1c1ccc(OC2CCN(c3c(C)cccc3F)CC2)cc1. The number of rotatable bonds is 5. The molecule has 2 aromatic rings. The maximum atomic E-state index is 14.3. The zero-order valence-corrected chi connectivity index (χ0v) is 19.1. The Balaban J connectivity index is 1.39. The van der Waals surface area contributed by atoms with Crippen molar-refractivity contribution in [1.82, 2.24) is 0 Å². The largest absolute Gasteiger partial charge is 0.490 e. The number of hydrogen-bond donors (Lipinski definition) is 0. The average molecular weight is 464 g/mol. The Morgan fingerprint density at radius 1 is 1.06 bits per heavy atom. The highest BCUT2D eigenvalue weighted by Gasteiger charge is 2.47. The van der Waals surface area contributed by atoms with E-state index in [2.05, 4.69) is 10.0 Å². The molecule has 0 amide bonds. The van der Waals surface area contributed by atoms with E-state index < -0.39 is 17.8 Å². The van der Waals surface area contributed by atoms with E-state index in [1.807, 2.05) is 19.9 Å². The Bertz CT molecular complexity index is 977. The molecule has 0 aromatic heterocycles. The average Bonchev–Trinajstić information content (AvgIpc) is 3.12. The van der Waals surface area contributed by atoms with Gasteiger partial charge in [0.15, 0.2) is 0 Å². The first-order valence-electron chi connectivity index (χ1n) is 11.4. The van der Waals surface area contributed by atoms with Crippen molar-refractivity contribution in [1.29, 1.82) is 0 Å². The van der Waals surface area contributed by atoms with Gasteiger partial charge in [0.2, 0.25) is 0 Å². The first-order valence-corrected chi connectivity index (χ1v) is 11.4. The molecule has 2 aliphatic heterocycles. The summed E-state index contributed by atoms with van der Waals surface area (Å²) in [6.45, 7) is 6.75. The molecule has 4 rings (SSSR count). The molecule has 1 saturated heterocycles. The van der Waals surface area contributed by atoms with Crippen molar-refractivity contribution >= 4 is 17.1 Å². The summed E-state index contributed by atoms with van der Waals surface area (Å²) in [5.41, 5.74) is 1.46. The molecule has 0 spiro atoms. The first-order chi connectivity index (χ1) is 15.7. The third-order valence-electron chi connectivity index (χ3n) is 6.60. The number of hydrazone groups is 1. The second kappa shape index (κ2) is 9.23. The van der Waals surface area contributed by atoms with Crippen LogP contribution in [-0.2, 0) is 0 Å². The fraction of sp³-hybridized carbons (Fsp3) is 0.480. The zero-order valence-electron chi connectivity index (χ0n) is 19.1. The molecule has 2 aromatic carbocycles. The molecule has 2 atom stereocenters. The second-order valence-electron chi connectivity index (χ2n) is 8.80. The number of aryl methyl sites for hydroxylation is 1. The first kappa shape index (κ1) is 23.4. The fourth-order valence-corrected chi connectivity index (χ4v) is 4.86. The lowest BCUT2D eigenvalue weighted by atomic mass is 9.95. The number of halogens is 4. The molecule has 0 bridgehead atoms. The van der Waals surface area contributed by atoms with Gasteiger partial charge >= 0.3 is 6.18 Å². The molecule has 33 heavy (non-hydrogen) atoms. The lowest BCUT2D eigenvalue weighted by Gasteiger charge is -2.34. The van der Waals surface area contributed by atoms with Crippen molar-refractivity contribution in [3.63, 3.8) is 0 Å². The Kier molecular flexibility index (Phi) is 6.54. The molecular weight excluding hydrogens is 434 g/mol. The molecule has 0 radical (unpaired) electrons. The van der Waals surface area contributed by atoms with Crippen LogP contribution >= 0.6 is 0 Å². The van der Waals surface area contributed by atoms with Crippen LogP contribution in [0.25, 0.3) is 0 Å². The quantitative estimate of drug-likeness (QED) is 0.485. The predicted octanol–water partition coefficient (Wildman–Crippen LogP) is 6.33. The summed E-state index contributed by atoms with van der Waals surface area (Å²) in [7, 11) is 0. The second-order valence-corrected chi connectivity index (χ2v) is 8.80. The summed E-state index contributed by atoms with van der Waals surface area (Å²) in [6.07, 6.45) is -2.35. The normalized spacial score (nSPS) is 22.0. The number of ether oxygens (including phenoxy) is 1. The van der Waals surface area contributed by atoms with E-state index in [0.717, 1.165) is 18.4 Å². The summed E-state index contributed by atoms with van der Waals surface area (Å²) >= 11 is 0. The third kappa shape index (κ3) is 4.80. The maximum Gasteiger partial charge on any atom is 0.431 e. The van der Waals surface area contributed by atoms with Gasteiger partial charge in [0, 0.05) is 31.8 Å². The van der Waals surface area contributed by atoms with Gasteiger partial charge in [-0.05, 0) is 49.2 Å². The molecule has 4 nitrogen and oxygen atoms in total. The van der Waals surface area contributed by atoms with E-state index in [9.17, 15) is 17.6 Å². The fourth-order valence-electron chi connectivity index (χ4n) is 4.86. The van der Waals surface area contributed by atoms with E-state index in [-0.39, 0.29) is 18.0 Å². The van der Waals surface area contributed by atoms with Gasteiger partial charge in [-0.25, -0.2) is 4.39 Å². The van der Waals surface area contributed by atoms with Gasteiger partial charge in [0.1, 0.15) is 23.4 Å². The van der Waals surface area contributed by atoms with Crippen LogP contribution in [0, 0.1) is 18.7 Å². The van der Waals surface area contributed by atoms with Gasteiger partial charge < -0.3 is 9.64 Å². The number of hydrogen-bond acceptors (Lipinski definition) is 4. The van der Waals surface area contributed by atoms with Crippen LogP contribution in [0.5, 0.6) is 5.75 Å². The Labute approximate surface area is 191 Å². The number of para-hydroxylation sites is 1. The van der Waals surface area contributed by atoms with Crippen LogP contribution in [-0.4, -0.2) is 37.1 Å². The van der Waals surface area contributed by atoms with E-state index in [1.54, 1.807) is 37.3 Å². The van der Waals surface area contributed by atoms with Crippen molar-refractivity contribution in [2.45, 2.75) is 58.4 Å². The lowest BCUT2D eigenvalue weighted by molar-refractivity contribution is -0.0620. The van der Waals surface area contributed by atoms with Gasteiger partial charge in [-0.15, -0.1) is 0 Å². The minimum atomic E-state index is -4.43. The number of nitrogens with zero attached hydrogens (tertiary/aromatic N) is 3. The zero-order chi connectivity index (χ0) is 23.8. The standard InChI is InChI=1S/C25H29F4N3O/c1-4-22-17(3)24(25(27,28)29)30-32(22)18-8-10-19(11-9-18)33-20-12-14-31(15-13-20)23-16(2)6-5-7-21(23)26/h5-11,17,20,22H,4,12-15H2,1-3H3/t17?,22-/m0/s1. The minimum absolute atomic E-state index is 0.00392. The molecule has 1 fully saturated rings. The highest BCUT2D eigenvalue weighted by molar-refractivity contribution is 5.95. The molecule has 0 aliphatic carbocycles. The van der Waals surface area contributed by atoms with Gasteiger partial charge in [0.05, 0.1) is 17.4 Å². The highest BCUT2D eigenvalue weighted by Crippen LogP contribution is 2.37. The van der Waals surface area contributed by atoms with Crippen LogP contribution in [0.15, 0.2) is 47.6 Å². The van der Waals surface area contributed by atoms with Crippen molar-refractivity contribution in [3.8, 4) is 5.75 Å². The summed E-state index contributed by atoms with van der Waals surface area (Å²) in [5, 5.41) is 5.39. The number of benzene rings is 2. The Morgan fingerprint density at radius 2 is 1.73 bits per heavy atom. The van der Waals surface area contributed by atoms with Crippen molar-refractivity contribution in [2.24, 2.45) is 11.0 Å². The highest BCUT2D eigenvalue weighted by atomic mass is 19.4. The van der Waals surface area contributed by atoms with Crippen molar-refractivity contribution in [2.75, 3.05) is 23.0 Å². The molecule has 2 aliphatic rings. The van der Waals surface area contributed by atoms with E-state index in [1.165, 1.54) is 11.1 Å². The number of alkyl halides is 3. The van der Waals surface area contributed by atoms with E-state index >= 15 is 0 Å². The lowest BCUT2D eigenvalue weighted by Crippen LogP contribution is -2.39. The summed E-state index contributed by atoms with van der Waals surface area (Å²) in [4.78, 5) is 2.06. The predicted molar refractivity (Wildman–Crippen MR) is 123 cm³/mol. The van der Waals surface area contributed by atoms with Gasteiger partial charge in [-0.1, -0.05) is 26.0 Å². The molecule has 1 unspecified atom stereocenters. The van der Waals surface area contributed by atoms with Gasteiger partial charge in [0.25, 0.3) is 0 Å². The summed E-state index contributed by atoms with van der Waals surface area (Å²) in [5.74, 6) is -0.225. The van der Waals surface area contributed by atoms with Crippen LogP contribution in [0.2, 0.25) is 0 Å². The van der Waals surface area contributed by atoms with Crippen LogP contribution in [0.3, 0.4) is 0 Å². The smallest absolute Gasteiger partial charge is 0.431 e. The van der Waals surface area contributed by atoms with E-state index in [4.69, 9.17) is 4.74 Å².